The van der Waals surface area contributed by atoms with Gasteiger partial charge in [0, 0.05) is 47.5 Å². The fourth-order valence-electron chi connectivity index (χ4n) is 5.12. The van der Waals surface area contributed by atoms with E-state index in [0.717, 1.165) is 42.0 Å². The first-order chi connectivity index (χ1) is 21.4. The van der Waals surface area contributed by atoms with Crippen molar-refractivity contribution in [2.75, 3.05) is 23.0 Å². The Kier molecular flexibility index (Phi) is 9.81. The fourth-order valence-corrected chi connectivity index (χ4v) is 10.3. The van der Waals surface area contributed by atoms with Crippen molar-refractivity contribution in [1.29, 1.82) is 0 Å². The van der Waals surface area contributed by atoms with Gasteiger partial charge in [0.15, 0.2) is 6.54 Å². The molecule has 6 nitrogen and oxygen atoms in total. The molecule has 224 valence electrons. The number of aryl methyl sites for hydroxylation is 1. The van der Waals surface area contributed by atoms with E-state index in [9.17, 15) is 19.8 Å². The standard InChI is InChI=1S/C34H30N2O4S4/c37-32(38)15-17-35-26-5-1-3-7-28(26)43-30(35)21-24(10-9-23-11-13-25(14-12-23)34-41-19-20-42-34)22-31-36(18-16-33(39)40)27-6-2-4-8-29(27)44-31/h1-14,21-22,34H,15-20H2,(H-,37,38,39,40)/b10-9+. The first-order valence-electron chi connectivity index (χ1n) is 14.3. The number of allylic oxidation sites excluding steroid dienone is 3. The highest BCUT2D eigenvalue weighted by molar-refractivity contribution is 8.19. The average molecular weight is 659 g/mol. The maximum absolute atomic E-state index is 11.5. The molecule has 1 saturated heterocycles. The number of rotatable bonds is 11. The second-order valence-electron chi connectivity index (χ2n) is 10.2. The second-order valence-corrected chi connectivity index (χ2v) is 15.1. The molecule has 0 radical (unpaired) electrons. The Labute approximate surface area is 273 Å². The molecule has 3 aromatic carbocycles. The van der Waals surface area contributed by atoms with Crippen LogP contribution in [0, 0.1) is 0 Å². The summed E-state index contributed by atoms with van der Waals surface area (Å²) in [5, 5.41) is 22.7. The number of carboxylic acid groups (broad SMARTS) is 2. The van der Waals surface area contributed by atoms with Crippen molar-refractivity contribution < 1.29 is 24.4 Å². The number of nitrogens with zero attached hydrogens (tertiary/aromatic N) is 2. The van der Waals surface area contributed by atoms with Crippen LogP contribution in [0.5, 0.6) is 0 Å². The van der Waals surface area contributed by atoms with E-state index >= 15 is 0 Å². The number of carboxylic acids is 2. The molecule has 10 heteroatoms. The summed E-state index contributed by atoms with van der Waals surface area (Å²) in [4.78, 5) is 26.0. The van der Waals surface area contributed by atoms with Gasteiger partial charge >= 0.3 is 5.97 Å². The van der Waals surface area contributed by atoms with Crippen LogP contribution in [-0.4, -0.2) is 35.1 Å². The number of hydrogen-bond donors (Lipinski definition) is 1. The van der Waals surface area contributed by atoms with Crippen molar-refractivity contribution in [2.45, 2.75) is 28.9 Å². The maximum atomic E-state index is 11.5. The highest BCUT2D eigenvalue weighted by atomic mass is 32.2. The van der Waals surface area contributed by atoms with Crippen LogP contribution in [0.25, 0.3) is 22.4 Å². The van der Waals surface area contributed by atoms with Gasteiger partial charge in [0.05, 0.1) is 15.3 Å². The number of aliphatic carboxylic acids is 2. The molecule has 2 aliphatic rings. The van der Waals surface area contributed by atoms with Crippen LogP contribution >= 0.6 is 46.6 Å². The lowest BCUT2D eigenvalue weighted by Crippen LogP contribution is -2.36. The smallest absolute Gasteiger partial charge is 0.309 e. The van der Waals surface area contributed by atoms with Gasteiger partial charge in [-0.3, -0.25) is 4.79 Å². The third-order valence-corrected chi connectivity index (χ3v) is 12.6. The molecule has 1 N–H and O–H groups in total. The van der Waals surface area contributed by atoms with Crippen molar-refractivity contribution in [2.24, 2.45) is 0 Å². The van der Waals surface area contributed by atoms with E-state index in [4.69, 9.17) is 0 Å². The molecule has 0 spiro atoms. The predicted molar refractivity (Wildman–Crippen MR) is 183 cm³/mol. The van der Waals surface area contributed by atoms with E-state index in [-0.39, 0.29) is 12.8 Å². The summed E-state index contributed by atoms with van der Waals surface area (Å²) in [5.74, 6) is 0.445. The van der Waals surface area contributed by atoms with Gasteiger partial charge in [0.25, 0.3) is 5.01 Å². The van der Waals surface area contributed by atoms with Gasteiger partial charge in [-0.15, -0.1) is 23.5 Å². The number of hydrogen-bond acceptors (Lipinski definition) is 8. The number of anilines is 1. The molecular formula is C34H30N2O4S4. The van der Waals surface area contributed by atoms with E-state index in [1.165, 1.54) is 17.1 Å². The minimum atomic E-state index is -1.09. The van der Waals surface area contributed by atoms with Crippen molar-refractivity contribution in [3.8, 4) is 0 Å². The van der Waals surface area contributed by atoms with Crippen LogP contribution in [0.2, 0.25) is 0 Å². The largest absolute Gasteiger partial charge is 0.550 e. The molecule has 6 rings (SSSR count). The quantitative estimate of drug-likeness (QED) is 0.139. The summed E-state index contributed by atoms with van der Waals surface area (Å²) in [6, 6.07) is 24.7. The zero-order valence-electron chi connectivity index (χ0n) is 23.8. The molecule has 4 aromatic rings. The summed E-state index contributed by atoms with van der Waals surface area (Å²) in [7, 11) is 0. The third-order valence-electron chi connectivity index (χ3n) is 7.24. The van der Waals surface area contributed by atoms with Crippen LogP contribution in [0.15, 0.2) is 100 Å². The van der Waals surface area contributed by atoms with Gasteiger partial charge in [-0.25, -0.2) is 0 Å². The normalized spacial score (nSPS) is 16.4. The Bertz CT molecular complexity index is 1770. The molecule has 3 heterocycles. The van der Waals surface area contributed by atoms with Crippen LogP contribution in [0.1, 0.15) is 33.6 Å². The number of aromatic nitrogens is 1. The van der Waals surface area contributed by atoms with E-state index in [0.29, 0.717) is 17.7 Å². The maximum Gasteiger partial charge on any atom is 0.309 e. The Morgan fingerprint density at radius 1 is 0.977 bits per heavy atom. The fraction of sp³-hybridized carbons (Fsp3) is 0.206. The molecule has 0 bridgehead atoms. The van der Waals surface area contributed by atoms with Crippen LogP contribution in [-0.2, 0) is 16.1 Å². The molecule has 0 amide bonds. The minimum Gasteiger partial charge on any atom is -0.550 e. The molecule has 2 aliphatic heterocycles. The summed E-state index contributed by atoms with van der Waals surface area (Å²) in [6.07, 6.45) is 8.28. The van der Waals surface area contributed by atoms with E-state index in [1.54, 1.807) is 23.1 Å². The van der Waals surface area contributed by atoms with Crippen molar-refractivity contribution in [3.05, 3.63) is 112 Å². The molecular weight excluding hydrogens is 629 g/mol. The monoisotopic (exact) mass is 658 g/mol. The lowest BCUT2D eigenvalue weighted by Gasteiger charge is -2.21. The SMILES string of the molecule is O=C([O-])CCN1/C(=C/C(=C\c2sc3ccccc3[n+]2CCC(=O)O)/C=C/c2ccc(C3SCCS3)cc2)Sc2ccccc21. The van der Waals surface area contributed by atoms with Crippen molar-refractivity contribution in [3.63, 3.8) is 0 Å². The summed E-state index contributed by atoms with van der Waals surface area (Å²) >= 11 is 7.21. The molecule has 1 fully saturated rings. The summed E-state index contributed by atoms with van der Waals surface area (Å²) in [6.45, 7) is 0.657. The Balaban J connectivity index is 1.40. The van der Waals surface area contributed by atoms with Gasteiger partial charge in [0.2, 0.25) is 5.52 Å². The van der Waals surface area contributed by atoms with E-state index in [1.807, 2.05) is 70.9 Å². The lowest BCUT2D eigenvalue weighted by molar-refractivity contribution is -0.667. The zero-order chi connectivity index (χ0) is 30.5. The van der Waals surface area contributed by atoms with Crippen LogP contribution in [0.3, 0.4) is 0 Å². The minimum absolute atomic E-state index is 0.0184. The average Bonchev–Trinajstić information content (AvgIpc) is 3.76. The van der Waals surface area contributed by atoms with Crippen LogP contribution < -0.4 is 14.6 Å². The number of thioether (sulfide) groups is 3. The molecule has 44 heavy (non-hydrogen) atoms. The van der Waals surface area contributed by atoms with Crippen molar-refractivity contribution in [1.82, 2.24) is 0 Å². The highest BCUT2D eigenvalue weighted by Crippen LogP contribution is 2.47. The molecule has 0 saturated carbocycles. The first-order valence-corrected chi connectivity index (χ1v) is 18.0. The zero-order valence-corrected chi connectivity index (χ0v) is 27.0. The topological polar surface area (TPSA) is 84.5 Å². The van der Waals surface area contributed by atoms with E-state index in [2.05, 4.69) is 59.2 Å². The van der Waals surface area contributed by atoms with Gasteiger partial charge in [-0.1, -0.05) is 83.8 Å². The number of fused-ring (bicyclic) bond motifs is 2. The second kappa shape index (κ2) is 14.1. The van der Waals surface area contributed by atoms with Gasteiger partial charge in [-0.2, -0.15) is 4.57 Å². The molecule has 0 unspecified atom stereocenters. The number of thiazole rings is 1. The molecule has 0 aliphatic carbocycles. The number of benzene rings is 3. The number of carbonyl (C=O) groups excluding carboxylic acids is 1. The van der Waals surface area contributed by atoms with Crippen LogP contribution in [0.4, 0.5) is 5.69 Å². The number of para-hydroxylation sites is 2. The van der Waals surface area contributed by atoms with Gasteiger partial charge < -0.3 is 19.9 Å². The predicted octanol–water partition coefficient (Wildman–Crippen LogP) is 6.83. The Morgan fingerprint density at radius 2 is 1.73 bits per heavy atom. The third kappa shape index (κ3) is 7.26. The lowest BCUT2D eigenvalue weighted by atomic mass is 10.1. The molecule has 1 aromatic heterocycles. The van der Waals surface area contributed by atoms with Gasteiger partial charge in [-0.05, 0) is 41.0 Å². The first kappa shape index (κ1) is 30.6. The highest BCUT2D eigenvalue weighted by Gasteiger charge is 2.25. The Morgan fingerprint density at radius 3 is 2.50 bits per heavy atom. The summed E-state index contributed by atoms with van der Waals surface area (Å²) < 4.78 is 3.64. The number of carbonyl (C=O) groups is 2. The summed E-state index contributed by atoms with van der Waals surface area (Å²) in [5.41, 5.74) is 5.31. The molecule has 0 atom stereocenters. The van der Waals surface area contributed by atoms with Gasteiger partial charge in [0.1, 0.15) is 11.1 Å². The Hall–Kier alpha value is -3.44. The van der Waals surface area contributed by atoms with Crippen molar-refractivity contribution >= 4 is 86.6 Å². The van der Waals surface area contributed by atoms with E-state index < -0.39 is 11.9 Å².